The van der Waals surface area contributed by atoms with Gasteiger partial charge in [0.05, 0.1) is 23.8 Å². The molecule has 1 aliphatic carbocycles. The predicted octanol–water partition coefficient (Wildman–Crippen LogP) is 5.91. The van der Waals surface area contributed by atoms with Gasteiger partial charge < -0.3 is 9.67 Å². The Morgan fingerprint density at radius 3 is 2.79 bits per heavy atom. The van der Waals surface area contributed by atoms with E-state index in [-0.39, 0.29) is 23.7 Å². The van der Waals surface area contributed by atoms with Crippen molar-refractivity contribution in [2.24, 2.45) is 16.1 Å². The Labute approximate surface area is 222 Å². The molecule has 3 aromatic heterocycles. The molecule has 2 aromatic carbocycles. The Bertz CT molecular complexity index is 1780. The van der Waals surface area contributed by atoms with Gasteiger partial charge in [0.1, 0.15) is 11.4 Å². The molecule has 0 saturated carbocycles. The van der Waals surface area contributed by atoms with Gasteiger partial charge in [0.2, 0.25) is 5.88 Å². The number of rotatable bonds is 5. The summed E-state index contributed by atoms with van der Waals surface area (Å²) in [5, 5.41) is 20.4. The second-order valence-electron chi connectivity index (χ2n) is 10.1. The minimum atomic E-state index is -0.597. The molecule has 192 valence electrons. The molecule has 1 N–H and O–H groups in total. The van der Waals surface area contributed by atoms with Gasteiger partial charge in [-0.15, -0.1) is 21.6 Å². The maximum Gasteiger partial charge on any atom is 0.284 e. The van der Waals surface area contributed by atoms with Crippen LogP contribution in [0.2, 0.25) is 0 Å². The fourth-order valence-electron chi connectivity index (χ4n) is 5.17. The van der Waals surface area contributed by atoms with E-state index in [1.807, 2.05) is 55.5 Å². The molecular weight excluding hydrogens is 498 g/mol. The van der Waals surface area contributed by atoms with Gasteiger partial charge in [0, 0.05) is 10.3 Å². The summed E-state index contributed by atoms with van der Waals surface area (Å²) < 4.78 is 3.05. The predicted molar refractivity (Wildman–Crippen MR) is 148 cm³/mol. The number of carbonyl (C=O) groups is 1. The summed E-state index contributed by atoms with van der Waals surface area (Å²) in [7, 11) is 0. The lowest BCUT2D eigenvalue weighted by Gasteiger charge is -2.17. The molecule has 9 heteroatoms. The molecule has 0 bridgehead atoms. The monoisotopic (exact) mass is 525 g/mol. The Morgan fingerprint density at radius 2 is 1.97 bits per heavy atom. The molecule has 0 saturated heterocycles. The molecule has 1 aliphatic rings. The maximum atomic E-state index is 13.2. The zero-order valence-electron chi connectivity index (χ0n) is 21.2. The molecule has 0 fully saturated rings. The summed E-state index contributed by atoms with van der Waals surface area (Å²) in [5.41, 5.74) is 4.06. The average molecular weight is 526 g/mol. The van der Waals surface area contributed by atoms with Gasteiger partial charge in [0.25, 0.3) is 11.5 Å². The lowest BCUT2D eigenvalue weighted by Crippen LogP contribution is -2.24. The molecular formula is C29H27N5O3S. The minimum absolute atomic E-state index is 0.0669. The zero-order valence-corrected chi connectivity index (χ0v) is 22.0. The van der Waals surface area contributed by atoms with Gasteiger partial charge in [-0.1, -0.05) is 55.0 Å². The van der Waals surface area contributed by atoms with Crippen LogP contribution in [0, 0.1) is 12.8 Å². The Hall–Kier alpha value is -4.11. The number of nitrogens with zero attached hydrogens (tertiary/aromatic N) is 5. The molecule has 0 radical (unpaired) electrons. The number of thiophene rings is 1. The first-order valence-corrected chi connectivity index (χ1v) is 13.5. The number of carbonyl (C=O) groups excluding carboxylic acids is 1. The molecule has 1 unspecified atom stereocenters. The number of hydrogen-bond acceptors (Lipinski definition) is 6. The van der Waals surface area contributed by atoms with Crippen LogP contribution < -0.4 is 5.56 Å². The van der Waals surface area contributed by atoms with Crippen molar-refractivity contribution in [3.05, 3.63) is 86.8 Å². The van der Waals surface area contributed by atoms with Gasteiger partial charge in [-0.3, -0.25) is 14.2 Å². The Balaban J connectivity index is 1.28. The van der Waals surface area contributed by atoms with Crippen LogP contribution in [0.4, 0.5) is 5.69 Å². The number of hydrogen-bond donors (Lipinski definition) is 1. The number of amides is 1. The molecule has 1 amide bonds. The van der Waals surface area contributed by atoms with Gasteiger partial charge >= 0.3 is 0 Å². The van der Waals surface area contributed by atoms with Gasteiger partial charge in [-0.2, -0.15) is 0 Å². The molecule has 3 heterocycles. The van der Waals surface area contributed by atoms with Crippen molar-refractivity contribution >= 4 is 44.1 Å². The number of aryl methyl sites for hydroxylation is 2. The first-order chi connectivity index (χ1) is 18.4. The second kappa shape index (κ2) is 9.64. The lowest BCUT2D eigenvalue weighted by molar-refractivity contribution is -0.118. The number of aromatic nitrogens is 3. The minimum Gasteiger partial charge on any atom is -0.493 e. The third-order valence-electron chi connectivity index (χ3n) is 7.23. The SMILES string of the molecule is Cc1ccc(Cn2c(O)c(N=NC(=O)Cn3cnc4sc5c(c4c3=O)CCC(C)C5)c3ccccc32)cc1. The molecule has 8 nitrogen and oxygen atoms in total. The molecule has 0 aliphatic heterocycles. The summed E-state index contributed by atoms with van der Waals surface area (Å²) >= 11 is 1.58. The van der Waals surface area contributed by atoms with E-state index in [9.17, 15) is 14.7 Å². The highest BCUT2D eigenvalue weighted by molar-refractivity contribution is 7.18. The molecule has 6 rings (SSSR count). The summed E-state index contributed by atoms with van der Waals surface area (Å²) in [5.74, 6) is -0.0672. The van der Waals surface area contributed by atoms with E-state index in [1.54, 1.807) is 15.9 Å². The van der Waals surface area contributed by atoms with Crippen molar-refractivity contribution in [3.8, 4) is 5.88 Å². The second-order valence-corrected chi connectivity index (χ2v) is 11.1. The van der Waals surface area contributed by atoms with E-state index in [1.165, 1.54) is 15.8 Å². The highest BCUT2D eigenvalue weighted by Crippen LogP contribution is 2.39. The van der Waals surface area contributed by atoms with Crippen LogP contribution >= 0.6 is 11.3 Å². The number of para-hydroxylation sites is 1. The first kappa shape index (κ1) is 24.2. The normalized spacial score (nSPS) is 15.5. The van der Waals surface area contributed by atoms with Gasteiger partial charge in [0.15, 0.2) is 5.69 Å². The highest BCUT2D eigenvalue weighted by Gasteiger charge is 2.23. The van der Waals surface area contributed by atoms with E-state index in [0.717, 1.165) is 46.3 Å². The molecule has 0 spiro atoms. The third-order valence-corrected chi connectivity index (χ3v) is 8.39. The van der Waals surface area contributed by atoms with Crippen LogP contribution in [0.25, 0.3) is 21.1 Å². The van der Waals surface area contributed by atoms with Crippen molar-refractivity contribution in [2.75, 3.05) is 0 Å². The van der Waals surface area contributed by atoms with Crippen LogP contribution in [-0.4, -0.2) is 25.1 Å². The Kier molecular flexibility index (Phi) is 6.15. The van der Waals surface area contributed by atoms with Crippen molar-refractivity contribution in [1.29, 1.82) is 0 Å². The Morgan fingerprint density at radius 1 is 1.18 bits per heavy atom. The molecule has 38 heavy (non-hydrogen) atoms. The van der Waals surface area contributed by atoms with Crippen molar-refractivity contribution in [1.82, 2.24) is 14.1 Å². The van der Waals surface area contributed by atoms with E-state index in [2.05, 4.69) is 22.1 Å². The summed E-state index contributed by atoms with van der Waals surface area (Å²) in [6.07, 6.45) is 4.27. The van der Waals surface area contributed by atoms with E-state index >= 15 is 0 Å². The average Bonchev–Trinajstić information content (AvgIpc) is 3.40. The maximum absolute atomic E-state index is 13.2. The number of benzene rings is 2. The molecule has 1 atom stereocenters. The highest BCUT2D eigenvalue weighted by atomic mass is 32.1. The third kappa shape index (κ3) is 4.32. The standard InChI is InChI=1S/C29H27N5O3S/c1-17-7-10-19(11-8-17)14-34-22-6-4-3-5-20(22)26(29(34)37)32-31-24(35)15-33-16-30-27-25(28(33)36)21-12-9-18(2)13-23(21)38-27/h3-8,10-11,16,18,37H,9,12-15H2,1-2H3. The van der Waals surface area contributed by atoms with Crippen LogP contribution in [-0.2, 0) is 30.7 Å². The van der Waals surface area contributed by atoms with Crippen LogP contribution in [0.5, 0.6) is 5.88 Å². The van der Waals surface area contributed by atoms with E-state index in [4.69, 9.17) is 0 Å². The number of aromatic hydroxyl groups is 1. The lowest BCUT2D eigenvalue weighted by atomic mass is 9.89. The summed E-state index contributed by atoms with van der Waals surface area (Å²) in [4.78, 5) is 32.4. The summed E-state index contributed by atoms with van der Waals surface area (Å²) in [6, 6.07) is 15.6. The van der Waals surface area contributed by atoms with Crippen molar-refractivity contribution in [3.63, 3.8) is 0 Å². The van der Waals surface area contributed by atoms with E-state index < -0.39 is 5.91 Å². The number of fused-ring (bicyclic) bond motifs is 4. The van der Waals surface area contributed by atoms with Crippen LogP contribution in [0.15, 0.2) is 69.9 Å². The van der Waals surface area contributed by atoms with E-state index in [0.29, 0.717) is 23.2 Å². The quantitative estimate of drug-likeness (QED) is 0.288. The number of azo groups is 1. The van der Waals surface area contributed by atoms with Crippen LogP contribution in [0.3, 0.4) is 0 Å². The van der Waals surface area contributed by atoms with Crippen molar-refractivity contribution < 1.29 is 9.90 Å². The summed E-state index contributed by atoms with van der Waals surface area (Å²) in [6.45, 7) is 4.43. The van der Waals surface area contributed by atoms with Gasteiger partial charge in [-0.05, 0) is 49.3 Å². The van der Waals surface area contributed by atoms with Crippen molar-refractivity contribution in [2.45, 2.75) is 46.2 Å². The largest absolute Gasteiger partial charge is 0.493 e. The fourth-order valence-corrected chi connectivity index (χ4v) is 6.51. The smallest absolute Gasteiger partial charge is 0.284 e. The topological polar surface area (TPSA) is 102 Å². The van der Waals surface area contributed by atoms with Gasteiger partial charge in [-0.25, -0.2) is 4.98 Å². The van der Waals surface area contributed by atoms with Crippen LogP contribution in [0.1, 0.15) is 34.9 Å². The fraction of sp³-hybridized carbons (Fsp3) is 0.276. The first-order valence-electron chi connectivity index (χ1n) is 12.7. The zero-order chi connectivity index (χ0) is 26.4. The molecule has 5 aromatic rings.